The number of hydrogen-bond acceptors (Lipinski definition) is 4. The quantitative estimate of drug-likeness (QED) is 0.663. The standard InChI is InChI=1S/C20H18FN3O3/c1-12(2)13-3-7-15(8-4-13)22-11-17-18(25)23-20(27)24(19(17)26)16-9-5-14(21)6-10-16/h3-12,17H,1-2H3,(H,23,25,27)/t17-/m1/s1. The zero-order valence-electron chi connectivity index (χ0n) is 14.8. The highest BCUT2D eigenvalue weighted by Crippen LogP contribution is 2.22. The number of benzene rings is 2. The summed E-state index contributed by atoms with van der Waals surface area (Å²) in [7, 11) is 0. The van der Waals surface area contributed by atoms with Gasteiger partial charge in [-0.2, -0.15) is 0 Å². The van der Waals surface area contributed by atoms with Crippen LogP contribution in [0.15, 0.2) is 53.5 Å². The number of imide groups is 2. The fraction of sp³-hybridized carbons (Fsp3) is 0.200. The highest BCUT2D eigenvalue weighted by Gasteiger charge is 2.40. The van der Waals surface area contributed by atoms with E-state index in [9.17, 15) is 18.8 Å². The van der Waals surface area contributed by atoms with E-state index in [1.165, 1.54) is 18.3 Å². The van der Waals surface area contributed by atoms with Gasteiger partial charge in [0.05, 0.1) is 11.4 Å². The average Bonchev–Trinajstić information content (AvgIpc) is 2.63. The SMILES string of the molecule is CC(C)c1ccc(N=C[C@@H]2C(=O)NC(=O)N(c3ccc(F)cc3)C2=O)cc1. The third kappa shape index (κ3) is 3.92. The molecule has 6 nitrogen and oxygen atoms in total. The number of hydrogen-bond donors (Lipinski definition) is 1. The lowest BCUT2D eigenvalue weighted by Gasteiger charge is -2.28. The molecule has 1 fully saturated rings. The molecule has 1 aliphatic rings. The van der Waals surface area contributed by atoms with Crippen molar-refractivity contribution in [2.24, 2.45) is 10.9 Å². The lowest BCUT2D eigenvalue weighted by Crippen LogP contribution is -2.58. The van der Waals surface area contributed by atoms with Crippen molar-refractivity contribution < 1.29 is 18.8 Å². The zero-order valence-corrected chi connectivity index (χ0v) is 14.8. The highest BCUT2D eigenvalue weighted by atomic mass is 19.1. The van der Waals surface area contributed by atoms with Gasteiger partial charge in [-0.15, -0.1) is 0 Å². The number of amides is 4. The van der Waals surface area contributed by atoms with Crippen LogP contribution in [0.25, 0.3) is 0 Å². The Bertz CT molecular complexity index is 905. The van der Waals surface area contributed by atoms with E-state index in [-0.39, 0.29) is 5.69 Å². The van der Waals surface area contributed by atoms with Crippen molar-refractivity contribution in [3.63, 3.8) is 0 Å². The molecular weight excluding hydrogens is 349 g/mol. The zero-order chi connectivity index (χ0) is 19.6. The molecule has 1 aliphatic heterocycles. The minimum absolute atomic E-state index is 0.172. The van der Waals surface area contributed by atoms with Gasteiger partial charge >= 0.3 is 6.03 Å². The Labute approximate surface area is 155 Å². The first-order valence-electron chi connectivity index (χ1n) is 8.45. The topological polar surface area (TPSA) is 78.8 Å². The van der Waals surface area contributed by atoms with Crippen LogP contribution in [-0.2, 0) is 9.59 Å². The van der Waals surface area contributed by atoms with E-state index in [2.05, 4.69) is 24.2 Å². The fourth-order valence-corrected chi connectivity index (χ4v) is 2.66. The summed E-state index contributed by atoms with van der Waals surface area (Å²) in [6.45, 7) is 4.15. The van der Waals surface area contributed by atoms with Gasteiger partial charge in [-0.05, 0) is 47.9 Å². The molecule has 1 heterocycles. The first-order chi connectivity index (χ1) is 12.9. The number of nitrogens with one attached hydrogen (secondary N) is 1. The number of carbonyl (C=O) groups is 3. The minimum Gasteiger partial charge on any atom is -0.276 e. The number of urea groups is 1. The van der Waals surface area contributed by atoms with Crippen molar-refractivity contribution in [1.82, 2.24) is 5.32 Å². The molecule has 0 saturated carbocycles. The van der Waals surface area contributed by atoms with E-state index in [1.54, 1.807) is 12.1 Å². The molecule has 0 spiro atoms. The molecule has 0 radical (unpaired) electrons. The lowest BCUT2D eigenvalue weighted by molar-refractivity contribution is -0.131. The van der Waals surface area contributed by atoms with Crippen LogP contribution >= 0.6 is 0 Å². The molecule has 0 aliphatic carbocycles. The summed E-state index contributed by atoms with van der Waals surface area (Å²) in [4.78, 5) is 41.8. The lowest BCUT2D eigenvalue weighted by atomic mass is 10.0. The van der Waals surface area contributed by atoms with Crippen molar-refractivity contribution >= 4 is 35.4 Å². The van der Waals surface area contributed by atoms with Crippen LogP contribution < -0.4 is 10.2 Å². The summed E-state index contributed by atoms with van der Waals surface area (Å²) in [5.74, 6) is -2.85. The van der Waals surface area contributed by atoms with E-state index in [0.717, 1.165) is 22.6 Å². The number of aliphatic imine (C=N–C) groups is 1. The Morgan fingerprint density at radius 1 is 1.04 bits per heavy atom. The molecule has 1 saturated heterocycles. The summed E-state index contributed by atoms with van der Waals surface area (Å²) in [5.41, 5.74) is 1.91. The maximum Gasteiger partial charge on any atom is 0.335 e. The average molecular weight is 367 g/mol. The second kappa shape index (κ2) is 7.49. The van der Waals surface area contributed by atoms with Crippen LogP contribution in [0.2, 0.25) is 0 Å². The molecule has 4 amide bonds. The Morgan fingerprint density at radius 3 is 2.26 bits per heavy atom. The molecule has 0 aromatic heterocycles. The maximum atomic E-state index is 13.1. The van der Waals surface area contributed by atoms with Crippen LogP contribution in [0.3, 0.4) is 0 Å². The molecule has 138 valence electrons. The third-order valence-electron chi connectivity index (χ3n) is 4.22. The molecule has 0 bridgehead atoms. The highest BCUT2D eigenvalue weighted by molar-refractivity contribution is 6.32. The van der Waals surface area contributed by atoms with Gasteiger partial charge in [0.25, 0.3) is 5.91 Å². The Balaban J connectivity index is 1.83. The van der Waals surface area contributed by atoms with Crippen molar-refractivity contribution in [2.45, 2.75) is 19.8 Å². The molecule has 2 aromatic carbocycles. The minimum atomic E-state index is -1.25. The summed E-state index contributed by atoms with van der Waals surface area (Å²) < 4.78 is 13.1. The van der Waals surface area contributed by atoms with Crippen LogP contribution in [0, 0.1) is 11.7 Å². The molecule has 3 rings (SSSR count). The van der Waals surface area contributed by atoms with Gasteiger partial charge in [0.1, 0.15) is 5.82 Å². The van der Waals surface area contributed by atoms with Gasteiger partial charge in [-0.3, -0.25) is 19.9 Å². The molecule has 7 heteroatoms. The van der Waals surface area contributed by atoms with Crippen LogP contribution in [0.5, 0.6) is 0 Å². The van der Waals surface area contributed by atoms with E-state index < -0.39 is 29.6 Å². The van der Waals surface area contributed by atoms with Gasteiger partial charge in [0, 0.05) is 6.21 Å². The van der Waals surface area contributed by atoms with Gasteiger partial charge < -0.3 is 0 Å². The number of anilines is 1. The number of rotatable bonds is 4. The molecular formula is C20H18FN3O3. The van der Waals surface area contributed by atoms with Crippen LogP contribution in [-0.4, -0.2) is 24.1 Å². The van der Waals surface area contributed by atoms with Crippen molar-refractivity contribution in [2.75, 3.05) is 4.90 Å². The van der Waals surface area contributed by atoms with E-state index in [4.69, 9.17) is 0 Å². The summed E-state index contributed by atoms with van der Waals surface area (Å²) in [6.07, 6.45) is 1.21. The molecule has 1 N–H and O–H groups in total. The summed E-state index contributed by atoms with van der Waals surface area (Å²) in [5, 5.41) is 2.13. The van der Waals surface area contributed by atoms with Gasteiger partial charge in [-0.25, -0.2) is 14.1 Å². The monoisotopic (exact) mass is 367 g/mol. The second-order valence-corrected chi connectivity index (χ2v) is 6.45. The molecule has 1 atom stereocenters. The third-order valence-corrected chi connectivity index (χ3v) is 4.22. The van der Waals surface area contributed by atoms with Gasteiger partial charge in [0.2, 0.25) is 5.91 Å². The molecule has 0 unspecified atom stereocenters. The Kier molecular flexibility index (Phi) is 5.12. The predicted octanol–water partition coefficient (Wildman–Crippen LogP) is 3.55. The van der Waals surface area contributed by atoms with Crippen LogP contribution in [0.1, 0.15) is 25.3 Å². The first-order valence-corrected chi connectivity index (χ1v) is 8.45. The van der Waals surface area contributed by atoms with Crippen molar-refractivity contribution in [3.8, 4) is 0 Å². The van der Waals surface area contributed by atoms with Crippen molar-refractivity contribution in [1.29, 1.82) is 0 Å². The van der Waals surface area contributed by atoms with Gasteiger partial charge in [-0.1, -0.05) is 26.0 Å². The number of barbiturate groups is 1. The van der Waals surface area contributed by atoms with E-state index >= 15 is 0 Å². The first kappa shape index (κ1) is 18.4. The summed E-state index contributed by atoms with van der Waals surface area (Å²) in [6, 6.07) is 11.4. The Hall–Kier alpha value is -3.35. The maximum absolute atomic E-state index is 13.1. The fourth-order valence-electron chi connectivity index (χ4n) is 2.66. The number of carbonyl (C=O) groups excluding carboxylic acids is 3. The van der Waals surface area contributed by atoms with E-state index in [1.807, 2.05) is 12.1 Å². The summed E-state index contributed by atoms with van der Waals surface area (Å²) >= 11 is 0. The molecule has 2 aromatic rings. The predicted molar refractivity (Wildman–Crippen MR) is 99.6 cm³/mol. The smallest absolute Gasteiger partial charge is 0.276 e. The normalized spacial score (nSPS) is 17.7. The largest absolute Gasteiger partial charge is 0.335 e. The van der Waals surface area contributed by atoms with Crippen LogP contribution in [0.4, 0.5) is 20.6 Å². The second-order valence-electron chi connectivity index (χ2n) is 6.45. The number of nitrogens with zero attached hydrogens (tertiary/aromatic N) is 2. The van der Waals surface area contributed by atoms with Crippen molar-refractivity contribution in [3.05, 3.63) is 59.9 Å². The number of halogens is 1. The van der Waals surface area contributed by atoms with E-state index in [0.29, 0.717) is 11.6 Å². The Morgan fingerprint density at radius 2 is 1.67 bits per heavy atom. The molecule has 27 heavy (non-hydrogen) atoms. The van der Waals surface area contributed by atoms with Gasteiger partial charge in [0.15, 0.2) is 5.92 Å².